The zero-order chi connectivity index (χ0) is 13.9. The average molecular weight is 250 g/mol. The van der Waals surface area contributed by atoms with Crippen LogP contribution in [0.4, 0.5) is 11.6 Å². The predicted molar refractivity (Wildman–Crippen MR) is 78.4 cm³/mol. The van der Waals surface area contributed by atoms with Gasteiger partial charge in [0.1, 0.15) is 17.5 Å². The van der Waals surface area contributed by atoms with Crippen LogP contribution >= 0.6 is 0 Å². The average Bonchev–Trinajstić information content (AvgIpc) is 2.32. The number of nitrogens with zero attached hydrogens (tertiary/aromatic N) is 3. The maximum absolute atomic E-state index is 4.60. The number of rotatable bonds is 5. The molecule has 0 saturated carbocycles. The van der Waals surface area contributed by atoms with Crippen molar-refractivity contribution in [2.75, 3.05) is 23.8 Å². The lowest BCUT2D eigenvalue weighted by atomic mass is 9.99. The molecule has 0 amide bonds. The van der Waals surface area contributed by atoms with E-state index in [0.717, 1.165) is 36.0 Å². The van der Waals surface area contributed by atoms with Crippen molar-refractivity contribution in [3.63, 3.8) is 0 Å². The first-order chi connectivity index (χ1) is 8.33. The zero-order valence-corrected chi connectivity index (χ0v) is 12.8. The lowest BCUT2D eigenvalue weighted by molar-refractivity contribution is 0.466. The van der Waals surface area contributed by atoms with Gasteiger partial charge in [0.15, 0.2) is 0 Å². The van der Waals surface area contributed by atoms with E-state index in [0.29, 0.717) is 0 Å². The molecule has 0 atom stereocenters. The predicted octanol–water partition coefficient (Wildman–Crippen LogP) is 3.15. The Hall–Kier alpha value is -1.32. The summed E-state index contributed by atoms with van der Waals surface area (Å²) >= 11 is 0. The second-order valence-electron chi connectivity index (χ2n) is 5.32. The van der Waals surface area contributed by atoms with Crippen molar-refractivity contribution < 1.29 is 0 Å². The molecular weight excluding hydrogens is 224 g/mol. The summed E-state index contributed by atoms with van der Waals surface area (Å²) in [4.78, 5) is 11.3. The molecule has 4 heteroatoms. The Labute approximate surface area is 111 Å². The Morgan fingerprint density at radius 3 is 2.28 bits per heavy atom. The van der Waals surface area contributed by atoms with Gasteiger partial charge < -0.3 is 10.2 Å². The second kappa shape index (κ2) is 5.55. The molecule has 4 nitrogen and oxygen atoms in total. The lowest BCUT2D eigenvalue weighted by Gasteiger charge is -2.37. The molecule has 0 radical (unpaired) electrons. The molecule has 0 saturated heterocycles. The van der Waals surface area contributed by atoms with Crippen molar-refractivity contribution in [2.45, 2.75) is 53.5 Å². The van der Waals surface area contributed by atoms with Crippen LogP contribution in [0.5, 0.6) is 0 Å². The number of hydrogen-bond acceptors (Lipinski definition) is 4. The van der Waals surface area contributed by atoms with Gasteiger partial charge >= 0.3 is 0 Å². The molecule has 1 rings (SSSR count). The summed E-state index contributed by atoms with van der Waals surface area (Å²) in [7, 11) is 2.11. The Bertz CT molecular complexity index is 413. The van der Waals surface area contributed by atoms with Crippen LogP contribution < -0.4 is 10.2 Å². The zero-order valence-electron chi connectivity index (χ0n) is 12.8. The fourth-order valence-electron chi connectivity index (χ4n) is 1.80. The molecule has 0 unspecified atom stereocenters. The van der Waals surface area contributed by atoms with Gasteiger partial charge in [-0.2, -0.15) is 0 Å². The molecule has 102 valence electrons. The third kappa shape index (κ3) is 2.92. The minimum atomic E-state index is 0.0923. The van der Waals surface area contributed by atoms with E-state index in [1.165, 1.54) is 0 Å². The fraction of sp³-hybridized carbons (Fsp3) is 0.714. The smallest absolute Gasteiger partial charge is 0.137 e. The summed E-state index contributed by atoms with van der Waals surface area (Å²) in [5, 5.41) is 3.30. The van der Waals surface area contributed by atoms with Gasteiger partial charge in [-0.1, -0.05) is 6.92 Å². The van der Waals surface area contributed by atoms with Crippen LogP contribution in [-0.4, -0.2) is 29.1 Å². The minimum absolute atomic E-state index is 0.0923. The monoisotopic (exact) mass is 250 g/mol. The first kappa shape index (κ1) is 14.7. The first-order valence-electron chi connectivity index (χ1n) is 6.66. The molecular formula is C14H26N4. The largest absolute Gasteiger partial charge is 0.370 e. The van der Waals surface area contributed by atoms with E-state index in [1.807, 2.05) is 6.92 Å². The lowest BCUT2D eigenvalue weighted by Crippen LogP contribution is -2.41. The van der Waals surface area contributed by atoms with Gasteiger partial charge in [-0.25, -0.2) is 9.97 Å². The van der Waals surface area contributed by atoms with Crippen molar-refractivity contribution in [3.8, 4) is 0 Å². The number of aryl methyl sites for hydroxylation is 1. The highest BCUT2D eigenvalue weighted by atomic mass is 15.2. The van der Waals surface area contributed by atoms with Crippen LogP contribution in [0.25, 0.3) is 0 Å². The molecule has 0 aliphatic heterocycles. The molecule has 0 spiro atoms. The maximum atomic E-state index is 4.60. The van der Waals surface area contributed by atoms with E-state index in [1.54, 1.807) is 0 Å². The summed E-state index contributed by atoms with van der Waals surface area (Å²) in [5.74, 6) is 2.77. The van der Waals surface area contributed by atoms with Crippen molar-refractivity contribution in [3.05, 3.63) is 11.4 Å². The standard InChI is InChI=1S/C14H26N4/c1-8-14(5,6)18(7)13-10(3)12(15-9-2)16-11(4)17-13/h8-9H2,1-7H3,(H,15,16,17). The Balaban J connectivity index is 3.24. The highest BCUT2D eigenvalue weighted by molar-refractivity contribution is 5.59. The summed E-state index contributed by atoms with van der Waals surface area (Å²) < 4.78 is 0. The highest BCUT2D eigenvalue weighted by Gasteiger charge is 2.25. The first-order valence-corrected chi connectivity index (χ1v) is 6.66. The maximum Gasteiger partial charge on any atom is 0.137 e. The van der Waals surface area contributed by atoms with Crippen LogP contribution in [0.15, 0.2) is 0 Å². The molecule has 0 aliphatic carbocycles. The topological polar surface area (TPSA) is 41.1 Å². The van der Waals surface area contributed by atoms with E-state index in [9.17, 15) is 0 Å². The Morgan fingerprint density at radius 1 is 1.17 bits per heavy atom. The van der Waals surface area contributed by atoms with Gasteiger partial charge in [-0.15, -0.1) is 0 Å². The van der Waals surface area contributed by atoms with Gasteiger partial charge in [0, 0.05) is 24.7 Å². The molecule has 1 aromatic heterocycles. The third-order valence-electron chi connectivity index (χ3n) is 3.67. The van der Waals surface area contributed by atoms with Crippen LogP contribution in [-0.2, 0) is 0 Å². The third-order valence-corrected chi connectivity index (χ3v) is 3.67. The summed E-state index contributed by atoms with van der Waals surface area (Å²) in [6.07, 6.45) is 1.07. The summed E-state index contributed by atoms with van der Waals surface area (Å²) in [6.45, 7) is 13.6. The van der Waals surface area contributed by atoms with Gasteiger partial charge in [0.05, 0.1) is 0 Å². The van der Waals surface area contributed by atoms with Crippen LogP contribution in [0.3, 0.4) is 0 Å². The quantitative estimate of drug-likeness (QED) is 0.871. The summed E-state index contributed by atoms with van der Waals surface area (Å²) in [5.41, 5.74) is 1.21. The number of aromatic nitrogens is 2. The SMILES string of the molecule is CCNc1nc(C)nc(N(C)C(C)(C)CC)c1C. The van der Waals surface area contributed by atoms with Crippen molar-refractivity contribution in [1.29, 1.82) is 0 Å². The second-order valence-corrected chi connectivity index (χ2v) is 5.32. The molecule has 1 heterocycles. The number of hydrogen-bond donors (Lipinski definition) is 1. The summed E-state index contributed by atoms with van der Waals surface area (Å²) in [6, 6.07) is 0. The van der Waals surface area contributed by atoms with E-state index >= 15 is 0 Å². The van der Waals surface area contributed by atoms with Crippen molar-refractivity contribution >= 4 is 11.6 Å². The van der Waals surface area contributed by atoms with E-state index in [-0.39, 0.29) is 5.54 Å². The van der Waals surface area contributed by atoms with E-state index in [2.05, 4.69) is 61.9 Å². The molecule has 0 aromatic carbocycles. The molecule has 0 aliphatic rings. The fourth-order valence-corrected chi connectivity index (χ4v) is 1.80. The molecule has 1 N–H and O–H groups in total. The van der Waals surface area contributed by atoms with Crippen molar-refractivity contribution in [2.24, 2.45) is 0 Å². The Kier molecular flexibility index (Phi) is 4.54. The van der Waals surface area contributed by atoms with E-state index < -0.39 is 0 Å². The van der Waals surface area contributed by atoms with Crippen LogP contribution in [0.2, 0.25) is 0 Å². The highest BCUT2D eigenvalue weighted by Crippen LogP contribution is 2.29. The number of anilines is 2. The molecule has 1 aromatic rings. The van der Waals surface area contributed by atoms with Gasteiger partial charge in [0.25, 0.3) is 0 Å². The minimum Gasteiger partial charge on any atom is -0.370 e. The van der Waals surface area contributed by atoms with E-state index in [4.69, 9.17) is 0 Å². The molecule has 0 fully saturated rings. The normalized spacial score (nSPS) is 11.5. The molecule has 18 heavy (non-hydrogen) atoms. The molecule has 0 bridgehead atoms. The van der Waals surface area contributed by atoms with Crippen LogP contribution in [0, 0.1) is 13.8 Å². The van der Waals surface area contributed by atoms with Gasteiger partial charge in [-0.05, 0) is 41.0 Å². The van der Waals surface area contributed by atoms with Gasteiger partial charge in [0.2, 0.25) is 0 Å². The number of nitrogens with one attached hydrogen (secondary N) is 1. The van der Waals surface area contributed by atoms with Crippen molar-refractivity contribution in [1.82, 2.24) is 9.97 Å². The Morgan fingerprint density at radius 2 is 1.78 bits per heavy atom. The van der Waals surface area contributed by atoms with Crippen LogP contribution in [0.1, 0.15) is 45.5 Å². The van der Waals surface area contributed by atoms with Gasteiger partial charge in [-0.3, -0.25) is 0 Å².